The predicted octanol–water partition coefficient (Wildman–Crippen LogP) is 0.725. The van der Waals surface area contributed by atoms with Crippen molar-refractivity contribution in [2.45, 2.75) is 18.6 Å². The zero-order valence-corrected chi connectivity index (χ0v) is 8.46. The first-order valence-corrected chi connectivity index (χ1v) is 5.10. The van der Waals surface area contributed by atoms with Crippen LogP contribution in [0.25, 0.3) is 11.4 Å². The average Bonchev–Trinajstić information content (AvgIpc) is 2.97. The first-order chi connectivity index (χ1) is 7.83. The lowest BCUT2D eigenvalue weighted by atomic mass is 10.2. The third kappa shape index (κ3) is 1.62. The SMILES string of the molecule is OC1CN[C@H](c2nc(-c3ccoc3)no2)C1. The third-order valence-corrected chi connectivity index (χ3v) is 2.63. The van der Waals surface area contributed by atoms with Gasteiger partial charge in [-0.1, -0.05) is 5.16 Å². The zero-order chi connectivity index (χ0) is 11.0. The number of β-amino-alcohol motifs (C(OH)–C–C–N with tert-alkyl or cyclic N) is 1. The second-order valence-electron chi connectivity index (χ2n) is 3.82. The van der Waals surface area contributed by atoms with Crippen molar-refractivity contribution in [1.82, 2.24) is 15.5 Å². The molecule has 0 aromatic carbocycles. The van der Waals surface area contributed by atoms with E-state index in [1.807, 2.05) is 0 Å². The Kier molecular flexibility index (Phi) is 2.23. The molecular weight excluding hydrogens is 210 g/mol. The number of aromatic nitrogens is 2. The highest BCUT2D eigenvalue weighted by Crippen LogP contribution is 2.24. The van der Waals surface area contributed by atoms with Gasteiger partial charge in [-0.2, -0.15) is 4.98 Å². The van der Waals surface area contributed by atoms with Crippen molar-refractivity contribution in [2.24, 2.45) is 0 Å². The maximum absolute atomic E-state index is 9.38. The molecule has 0 aliphatic carbocycles. The Morgan fingerprint density at radius 2 is 2.44 bits per heavy atom. The molecule has 1 aliphatic heterocycles. The molecule has 2 N–H and O–H groups in total. The number of furan rings is 1. The summed E-state index contributed by atoms with van der Waals surface area (Å²) in [5, 5.41) is 16.4. The molecule has 16 heavy (non-hydrogen) atoms. The molecule has 0 radical (unpaired) electrons. The molecule has 3 rings (SSSR count). The largest absolute Gasteiger partial charge is 0.472 e. The fourth-order valence-corrected chi connectivity index (χ4v) is 1.79. The third-order valence-electron chi connectivity index (χ3n) is 2.63. The maximum Gasteiger partial charge on any atom is 0.244 e. The summed E-state index contributed by atoms with van der Waals surface area (Å²) in [6.07, 6.45) is 3.39. The van der Waals surface area contributed by atoms with E-state index in [-0.39, 0.29) is 12.1 Å². The number of hydrogen-bond donors (Lipinski definition) is 2. The van der Waals surface area contributed by atoms with Gasteiger partial charge in [0.2, 0.25) is 11.7 Å². The van der Waals surface area contributed by atoms with E-state index >= 15 is 0 Å². The maximum atomic E-state index is 9.38. The van der Waals surface area contributed by atoms with Gasteiger partial charge in [0.1, 0.15) is 6.26 Å². The zero-order valence-electron chi connectivity index (χ0n) is 8.46. The van der Waals surface area contributed by atoms with Crippen molar-refractivity contribution in [1.29, 1.82) is 0 Å². The second kappa shape index (κ2) is 3.73. The van der Waals surface area contributed by atoms with Crippen molar-refractivity contribution < 1.29 is 14.0 Å². The Hall–Kier alpha value is -1.66. The van der Waals surface area contributed by atoms with Gasteiger partial charge in [0.25, 0.3) is 0 Å². The van der Waals surface area contributed by atoms with Crippen LogP contribution >= 0.6 is 0 Å². The second-order valence-corrected chi connectivity index (χ2v) is 3.82. The van der Waals surface area contributed by atoms with Gasteiger partial charge in [0.05, 0.1) is 24.0 Å². The molecule has 2 aromatic rings. The minimum absolute atomic E-state index is 0.0526. The van der Waals surface area contributed by atoms with Crippen LogP contribution in [0, 0.1) is 0 Å². The van der Waals surface area contributed by atoms with Gasteiger partial charge in [-0.15, -0.1) is 0 Å². The molecule has 2 atom stereocenters. The van der Waals surface area contributed by atoms with E-state index in [0.717, 1.165) is 5.56 Å². The monoisotopic (exact) mass is 221 g/mol. The number of nitrogens with one attached hydrogen (secondary N) is 1. The van der Waals surface area contributed by atoms with Crippen LogP contribution in [0.4, 0.5) is 0 Å². The molecule has 1 fully saturated rings. The van der Waals surface area contributed by atoms with Crippen LogP contribution < -0.4 is 5.32 Å². The van der Waals surface area contributed by atoms with Crippen LogP contribution in [-0.4, -0.2) is 27.9 Å². The van der Waals surface area contributed by atoms with Gasteiger partial charge in [0, 0.05) is 6.54 Å². The van der Waals surface area contributed by atoms with Gasteiger partial charge >= 0.3 is 0 Å². The summed E-state index contributed by atoms with van der Waals surface area (Å²) in [7, 11) is 0. The fraction of sp³-hybridized carbons (Fsp3) is 0.400. The molecule has 84 valence electrons. The predicted molar refractivity (Wildman–Crippen MR) is 53.4 cm³/mol. The van der Waals surface area contributed by atoms with Gasteiger partial charge in [-0.25, -0.2) is 0 Å². The number of aliphatic hydroxyl groups is 1. The van der Waals surface area contributed by atoms with Crippen molar-refractivity contribution in [3.63, 3.8) is 0 Å². The van der Waals surface area contributed by atoms with Gasteiger partial charge in [-0.3, -0.25) is 0 Å². The van der Waals surface area contributed by atoms with Crippen molar-refractivity contribution in [2.75, 3.05) is 6.54 Å². The summed E-state index contributed by atoms with van der Waals surface area (Å²) < 4.78 is 10.1. The molecule has 0 spiro atoms. The van der Waals surface area contributed by atoms with E-state index in [1.165, 1.54) is 0 Å². The lowest BCUT2D eigenvalue weighted by Crippen LogP contribution is -2.15. The highest BCUT2D eigenvalue weighted by Gasteiger charge is 2.28. The molecule has 1 aliphatic rings. The number of hydrogen-bond acceptors (Lipinski definition) is 6. The van der Waals surface area contributed by atoms with Crippen LogP contribution in [0.3, 0.4) is 0 Å². The number of rotatable bonds is 2. The van der Waals surface area contributed by atoms with Crippen molar-refractivity contribution in [3.8, 4) is 11.4 Å². The molecule has 0 amide bonds. The Morgan fingerprint density at radius 1 is 1.50 bits per heavy atom. The van der Waals surface area contributed by atoms with Gasteiger partial charge < -0.3 is 19.4 Å². The summed E-state index contributed by atoms with van der Waals surface area (Å²) >= 11 is 0. The van der Waals surface area contributed by atoms with E-state index in [0.29, 0.717) is 24.7 Å². The van der Waals surface area contributed by atoms with Gasteiger partial charge in [0.15, 0.2) is 0 Å². The highest BCUT2D eigenvalue weighted by atomic mass is 16.5. The molecule has 6 heteroatoms. The Labute approximate surface area is 91.3 Å². The summed E-state index contributed by atoms with van der Waals surface area (Å²) in [6.45, 7) is 0.564. The normalized spacial score (nSPS) is 25.1. The molecule has 2 aromatic heterocycles. The average molecular weight is 221 g/mol. The Bertz CT molecular complexity index is 465. The molecule has 0 saturated carbocycles. The van der Waals surface area contributed by atoms with Crippen LogP contribution in [0.5, 0.6) is 0 Å². The number of nitrogens with zero attached hydrogens (tertiary/aromatic N) is 2. The topological polar surface area (TPSA) is 84.3 Å². The van der Waals surface area contributed by atoms with Crippen molar-refractivity contribution in [3.05, 3.63) is 24.5 Å². The first kappa shape index (κ1) is 9.56. The molecule has 1 unspecified atom stereocenters. The standard InChI is InChI=1S/C10H11N3O3/c14-7-3-8(11-4-7)10-12-9(13-16-10)6-1-2-15-5-6/h1-2,5,7-8,11,14H,3-4H2/t7?,8-/m0/s1. The quantitative estimate of drug-likeness (QED) is 0.777. The summed E-state index contributed by atoms with van der Waals surface area (Å²) in [4.78, 5) is 4.26. The minimum Gasteiger partial charge on any atom is -0.472 e. The lowest BCUT2D eigenvalue weighted by molar-refractivity contribution is 0.191. The van der Waals surface area contributed by atoms with E-state index in [9.17, 15) is 5.11 Å². The van der Waals surface area contributed by atoms with Crippen LogP contribution in [0.15, 0.2) is 27.5 Å². The van der Waals surface area contributed by atoms with Crippen LogP contribution in [0.1, 0.15) is 18.4 Å². The summed E-state index contributed by atoms with van der Waals surface area (Å²) in [5.41, 5.74) is 0.786. The minimum atomic E-state index is -0.339. The smallest absolute Gasteiger partial charge is 0.244 e. The summed E-state index contributed by atoms with van der Waals surface area (Å²) in [6, 6.07) is 1.72. The first-order valence-electron chi connectivity index (χ1n) is 5.10. The molecule has 1 saturated heterocycles. The highest BCUT2D eigenvalue weighted by molar-refractivity contribution is 5.51. The fourth-order valence-electron chi connectivity index (χ4n) is 1.79. The van der Waals surface area contributed by atoms with Crippen LogP contribution in [0.2, 0.25) is 0 Å². The van der Waals surface area contributed by atoms with Crippen molar-refractivity contribution >= 4 is 0 Å². The Balaban J connectivity index is 1.83. The molecule has 6 nitrogen and oxygen atoms in total. The van der Waals surface area contributed by atoms with Gasteiger partial charge in [-0.05, 0) is 12.5 Å². The van der Waals surface area contributed by atoms with E-state index < -0.39 is 0 Å². The van der Waals surface area contributed by atoms with Crippen LogP contribution in [-0.2, 0) is 0 Å². The Morgan fingerprint density at radius 3 is 3.12 bits per heavy atom. The molecule has 0 bridgehead atoms. The van der Waals surface area contributed by atoms with E-state index in [1.54, 1.807) is 18.6 Å². The lowest BCUT2D eigenvalue weighted by Gasteiger charge is -2.01. The van der Waals surface area contributed by atoms with E-state index in [4.69, 9.17) is 8.94 Å². The molecule has 3 heterocycles. The summed E-state index contributed by atoms with van der Waals surface area (Å²) in [5.74, 6) is 1.01. The molecular formula is C10H11N3O3. The number of aliphatic hydroxyl groups excluding tert-OH is 1. The van der Waals surface area contributed by atoms with E-state index in [2.05, 4.69) is 15.5 Å².